The zero-order chi connectivity index (χ0) is 14.8. The Morgan fingerprint density at radius 1 is 1.25 bits per heavy atom. The normalized spacial score (nSPS) is 17.6. The number of alkyl halides is 3. The van der Waals surface area contributed by atoms with Crippen molar-refractivity contribution in [3.05, 3.63) is 35.4 Å². The Labute approximate surface area is 115 Å². The van der Waals surface area contributed by atoms with Gasteiger partial charge in [0.2, 0.25) is 0 Å². The number of rotatable bonds is 5. The molecule has 2 rings (SSSR count). The Balaban J connectivity index is 1.95. The maximum atomic E-state index is 12.4. The van der Waals surface area contributed by atoms with Crippen LogP contribution in [0.25, 0.3) is 0 Å². The molecule has 0 amide bonds. The minimum Gasteiger partial charge on any atom is -0.378 e. The molecule has 0 N–H and O–H groups in total. The number of halogens is 3. The van der Waals surface area contributed by atoms with Gasteiger partial charge in [-0.15, -0.1) is 0 Å². The minimum absolute atomic E-state index is 0.00584. The van der Waals surface area contributed by atoms with Crippen molar-refractivity contribution in [2.24, 2.45) is 0 Å². The van der Waals surface area contributed by atoms with Crippen molar-refractivity contribution in [3.63, 3.8) is 0 Å². The van der Waals surface area contributed by atoms with E-state index in [-0.39, 0.29) is 17.8 Å². The second-order valence-corrected chi connectivity index (χ2v) is 5.33. The lowest BCUT2D eigenvalue weighted by molar-refractivity contribution is -0.137. The maximum absolute atomic E-state index is 12.4. The van der Waals surface area contributed by atoms with Gasteiger partial charge in [0.1, 0.15) is 5.78 Å². The number of hydrogen-bond acceptors (Lipinski definition) is 2. The van der Waals surface area contributed by atoms with Gasteiger partial charge in [-0.1, -0.05) is 12.1 Å². The van der Waals surface area contributed by atoms with Crippen LogP contribution in [0.5, 0.6) is 0 Å². The van der Waals surface area contributed by atoms with Crippen molar-refractivity contribution in [1.29, 1.82) is 0 Å². The van der Waals surface area contributed by atoms with E-state index in [9.17, 15) is 18.0 Å². The summed E-state index contributed by atoms with van der Waals surface area (Å²) in [5.41, 5.74) is -0.419. The van der Waals surface area contributed by atoms with Gasteiger partial charge >= 0.3 is 6.18 Å². The third-order valence-corrected chi connectivity index (χ3v) is 3.90. The lowest BCUT2D eigenvalue weighted by Crippen LogP contribution is -2.41. The summed E-state index contributed by atoms with van der Waals surface area (Å²) < 4.78 is 42.6. The van der Waals surface area contributed by atoms with Gasteiger partial charge in [0.05, 0.1) is 11.2 Å². The molecule has 1 aromatic carbocycles. The van der Waals surface area contributed by atoms with Crippen LogP contribution >= 0.6 is 0 Å². The number of carbonyl (C=O) groups is 1. The zero-order valence-corrected chi connectivity index (χ0v) is 11.3. The van der Waals surface area contributed by atoms with E-state index in [4.69, 9.17) is 4.74 Å². The fraction of sp³-hybridized carbons (Fsp3) is 0.533. The fourth-order valence-electron chi connectivity index (χ4n) is 2.49. The first-order valence-corrected chi connectivity index (χ1v) is 6.58. The summed E-state index contributed by atoms with van der Waals surface area (Å²) in [4.78, 5) is 12.0. The van der Waals surface area contributed by atoms with Crippen molar-refractivity contribution < 1.29 is 22.7 Å². The zero-order valence-electron chi connectivity index (χ0n) is 11.3. The summed E-state index contributed by atoms with van der Waals surface area (Å²) in [5.74, 6) is 0.00584. The SMILES string of the molecule is COC1(CC(=O)Cc2ccc(C(F)(F)F)cc2)CCC1. The fourth-order valence-corrected chi connectivity index (χ4v) is 2.49. The second kappa shape index (κ2) is 5.56. The highest BCUT2D eigenvalue weighted by molar-refractivity contribution is 5.82. The van der Waals surface area contributed by atoms with Gasteiger partial charge in [-0.3, -0.25) is 4.79 Å². The molecular formula is C15H17F3O2. The Morgan fingerprint density at radius 2 is 1.85 bits per heavy atom. The topological polar surface area (TPSA) is 26.3 Å². The number of carbonyl (C=O) groups excluding carboxylic acids is 1. The van der Waals surface area contributed by atoms with Crippen molar-refractivity contribution in [2.45, 2.75) is 43.9 Å². The van der Waals surface area contributed by atoms with Gasteiger partial charge in [-0.25, -0.2) is 0 Å². The van der Waals surface area contributed by atoms with Crippen LogP contribution in [0, 0.1) is 0 Å². The van der Waals surface area contributed by atoms with Crippen molar-refractivity contribution >= 4 is 5.78 Å². The molecule has 0 aliphatic heterocycles. The van der Waals surface area contributed by atoms with Crippen molar-refractivity contribution in [1.82, 2.24) is 0 Å². The molecule has 1 aliphatic rings. The molecule has 0 saturated heterocycles. The quantitative estimate of drug-likeness (QED) is 0.823. The number of Topliss-reactive ketones (excluding diaryl/α,β-unsaturated/α-hetero) is 1. The average molecular weight is 286 g/mol. The molecule has 0 bridgehead atoms. The van der Waals surface area contributed by atoms with Crippen molar-refractivity contribution in [2.75, 3.05) is 7.11 Å². The molecule has 0 spiro atoms. The Kier molecular flexibility index (Phi) is 4.18. The van der Waals surface area contributed by atoms with Crippen LogP contribution in [0.4, 0.5) is 13.2 Å². The van der Waals surface area contributed by atoms with Crippen molar-refractivity contribution in [3.8, 4) is 0 Å². The number of hydrogen-bond donors (Lipinski definition) is 0. The third kappa shape index (κ3) is 3.39. The van der Waals surface area contributed by atoms with E-state index in [1.165, 1.54) is 12.1 Å². The molecule has 2 nitrogen and oxygen atoms in total. The predicted octanol–water partition coefficient (Wildman–Crippen LogP) is 3.78. The van der Waals surface area contributed by atoms with E-state index in [2.05, 4.69) is 0 Å². The van der Waals surface area contributed by atoms with Gasteiger partial charge in [0.25, 0.3) is 0 Å². The molecule has 1 saturated carbocycles. The molecule has 5 heteroatoms. The van der Waals surface area contributed by atoms with Crippen LogP contribution in [-0.4, -0.2) is 18.5 Å². The first kappa shape index (κ1) is 15.0. The molecular weight excluding hydrogens is 269 g/mol. The van der Waals surface area contributed by atoms with Gasteiger partial charge < -0.3 is 4.74 Å². The number of benzene rings is 1. The van der Waals surface area contributed by atoms with Crippen LogP contribution in [-0.2, 0) is 22.1 Å². The summed E-state index contributed by atoms with van der Waals surface area (Å²) in [6.07, 6.45) is -1.03. The number of ether oxygens (including phenoxy) is 1. The molecule has 0 aromatic heterocycles. The van der Waals surface area contributed by atoms with Gasteiger partial charge in [-0.2, -0.15) is 13.2 Å². The maximum Gasteiger partial charge on any atom is 0.416 e. The lowest BCUT2D eigenvalue weighted by Gasteiger charge is -2.40. The highest BCUT2D eigenvalue weighted by Crippen LogP contribution is 2.38. The van der Waals surface area contributed by atoms with Crippen LogP contribution in [0.2, 0.25) is 0 Å². The third-order valence-electron chi connectivity index (χ3n) is 3.90. The van der Waals surface area contributed by atoms with E-state index in [1.807, 2.05) is 0 Å². The summed E-state index contributed by atoms with van der Waals surface area (Å²) in [7, 11) is 1.60. The summed E-state index contributed by atoms with van der Waals surface area (Å²) in [6.45, 7) is 0. The lowest BCUT2D eigenvalue weighted by atomic mass is 9.76. The molecule has 1 aliphatic carbocycles. The molecule has 0 unspecified atom stereocenters. The molecule has 20 heavy (non-hydrogen) atoms. The van der Waals surface area contributed by atoms with Crippen LogP contribution < -0.4 is 0 Å². The van der Waals surface area contributed by atoms with Gasteiger partial charge in [0.15, 0.2) is 0 Å². The monoisotopic (exact) mass is 286 g/mol. The first-order chi connectivity index (χ1) is 9.35. The Bertz CT molecular complexity index is 467. The molecule has 0 radical (unpaired) electrons. The Hall–Kier alpha value is -1.36. The van der Waals surface area contributed by atoms with Crippen LogP contribution in [0.1, 0.15) is 36.8 Å². The summed E-state index contributed by atoms with van der Waals surface area (Å²) >= 11 is 0. The van der Waals surface area contributed by atoms with Crippen LogP contribution in [0.3, 0.4) is 0 Å². The highest BCUT2D eigenvalue weighted by Gasteiger charge is 2.38. The molecule has 1 fully saturated rings. The van der Waals surface area contributed by atoms with E-state index in [0.717, 1.165) is 31.4 Å². The van der Waals surface area contributed by atoms with E-state index >= 15 is 0 Å². The van der Waals surface area contributed by atoms with E-state index in [0.29, 0.717) is 12.0 Å². The molecule has 0 heterocycles. The minimum atomic E-state index is -4.34. The Morgan fingerprint density at radius 3 is 2.25 bits per heavy atom. The number of ketones is 1. The van der Waals surface area contributed by atoms with Gasteiger partial charge in [-0.05, 0) is 37.0 Å². The largest absolute Gasteiger partial charge is 0.416 e. The molecule has 1 aromatic rings. The standard InChI is InChI=1S/C15H17F3O2/c1-20-14(7-2-8-14)10-13(19)9-11-3-5-12(6-4-11)15(16,17)18/h3-6H,2,7-10H2,1H3. The molecule has 0 atom stereocenters. The summed E-state index contributed by atoms with van der Waals surface area (Å²) in [5, 5.41) is 0. The molecule has 110 valence electrons. The van der Waals surface area contributed by atoms with E-state index in [1.54, 1.807) is 7.11 Å². The summed E-state index contributed by atoms with van der Waals surface area (Å²) in [6, 6.07) is 4.75. The smallest absolute Gasteiger partial charge is 0.378 e. The highest BCUT2D eigenvalue weighted by atomic mass is 19.4. The number of methoxy groups -OCH3 is 1. The van der Waals surface area contributed by atoms with E-state index < -0.39 is 11.7 Å². The second-order valence-electron chi connectivity index (χ2n) is 5.33. The average Bonchev–Trinajstić information content (AvgIpc) is 2.33. The first-order valence-electron chi connectivity index (χ1n) is 6.58. The van der Waals surface area contributed by atoms with Crippen LogP contribution in [0.15, 0.2) is 24.3 Å². The van der Waals surface area contributed by atoms with Gasteiger partial charge in [0, 0.05) is 20.0 Å². The predicted molar refractivity (Wildman–Crippen MR) is 68.4 cm³/mol.